The van der Waals surface area contributed by atoms with Crippen molar-refractivity contribution in [3.63, 3.8) is 0 Å². The fourth-order valence-corrected chi connectivity index (χ4v) is 1.51. The SMILES string of the molecule is CC(C)CC(NC(=O)O)C(=O)NCCC(C)CO. The Morgan fingerprint density at radius 2 is 1.83 bits per heavy atom. The summed E-state index contributed by atoms with van der Waals surface area (Å²) in [6.07, 6.45) is -0.0586. The molecule has 0 aliphatic rings. The summed E-state index contributed by atoms with van der Waals surface area (Å²) in [6.45, 7) is 6.26. The van der Waals surface area contributed by atoms with Gasteiger partial charge in [0.05, 0.1) is 0 Å². The monoisotopic (exact) mass is 260 g/mol. The largest absolute Gasteiger partial charge is 0.465 e. The van der Waals surface area contributed by atoms with E-state index in [1.54, 1.807) is 0 Å². The van der Waals surface area contributed by atoms with E-state index in [0.717, 1.165) is 0 Å². The molecule has 0 rings (SSSR count). The summed E-state index contributed by atoms with van der Waals surface area (Å²) in [6, 6.07) is -0.716. The van der Waals surface area contributed by atoms with Gasteiger partial charge in [0, 0.05) is 13.2 Å². The molecule has 2 atom stereocenters. The standard InChI is InChI=1S/C12H24N2O4/c1-8(2)6-10(14-12(17)18)11(16)13-5-4-9(3)7-15/h8-10,14-15H,4-7H2,1-3H3,(H,13,16)(H,17,18). The van der Waals surface area contributed by atoms with Gasteiger partial charge in [-0.25, -0.2) is 4.79 Å². The maximum Gasteiger partial charge on any atom is 0.405 e. The first-order chi connectivity index (χ1) is 8.36. The molecular formula is C12H24N2O4. The van der Waals surface area contributed by atoms with Gasteiger partial charge in [0.2, 0.25) is 5.91 Å². The van der Waals surface area contributed by atoms with E-state index >= 15 is 0 Å². The van der Waals surface area contributed by atoms with Crippen molar-refractivity contribution in [3.05, 3.63) is 0 Å². The van der Waals surface area contributed by atoms with Gasteiger partial charge in [-0.2, -0.15) is 0 Å². The summed E-state index contributed by atoms with van der Waals surface area (Å²) < 4.78 is 0. The number of aliphatic hydroxyl groups is 1. The Bertz CT molecular complexity index is 269. The predicted molar refractivity (Wildman–Crippen MR) is 68.3 cm³/mol. The van der Waals surface area contributed by atoms with Crippen LogP contribution in [0.2, 0.25) is 0 Å². The number of amides is 2. The Balaban J connectivity index is 4.16. The molecule has 0 saturated heterocycles. The molecule has 0 spiro atoms. The Hall–Kier alpha value is -1.30. The van der Waals surface area contributed by atoms with Gasteiger partial charge in [-0.1, -0.05) is 20.8 Å². The lowest BCUT2D eigenvalue weighted by Gasteiger charge is -2.19. The first kappa shape index (κ1) is 16.7. The van der Waals surface area contributed by atoms with Crippen LogP contribution in [-0.2, 0) is 4.79 Å². The molecule has 2 unspecified atom stereocenters. The average Bonchev–Trinajstić information content (AvgIpc) is 2.26. The van der Waals surface area contributed by atoms with Gasteiger partial charge < -0.3 is 20.8 Å². The summed E-state index contributed by atoms with van der Waals surface area (Å²) in [5.74, 6) is 0.0430. The second-order valence-corrected chi connectivity index (χ2v) is 5.00. The molecule has 0 aromatic rings. The molecule has 0 fully saturated rings. The lowest BCUT2D eigenvalue weighted by molar-refractivity contribution is -0.123. The van der Waals surface area contributed by atoms with Gasteiger partial charge in [-0.15, -0.1) is 0 Å². The normalized spacial score (nSPS) is 14.1. The second kappa shape index (κ2) is 8.74. The van der Waals surface area contributed by atoms with Crippen molar-refractivity contribution in [2.45, 2.75) is 39.7 Å². The number of carboxylic acid groups (broad SMARTS) is 1. The van der Waals surface area contributed by atoms with E-state index < -0.39 is 12.1 Å². The molecule has 2 amide bonds. The third kappa shape index (κ3) is 7.89. The first-order valence-electron chi connectivity index (χ1n) is 6.24. The van der Waals surface area contributed by atoms with Crippen molar-refractivity contribution < 1.29 is 19.8 Å². The fourth-order valence-electron chi connectivity index (χ4n) is 1.51. The van der Waals surface area contributed by atoms with Crippen LogP contribution in [0, 0.1) is 11.8 Å². The molecule has 0 heterocycles. The first-order valence-corrected chi connectivity index (χ1v) is 6.24. The van der Waals surface area contributed by atoms with Gasteiger partial charge in [0.25, 0.3) is 0 Å². The van der Waals surface area contributed by atoms with Gasteiger partial charge in [0.1, 0.15) is 6.04 Å². The van der Waals surface area contributed by atoms with Crippen molar-refractivity contribution in [2.24, 2.45) is 11.8 Å². The number of aliphatic hydroxyl groups excluding tert-OH is 1. The highest BCUT2D eigenvalue weighted by molar-refractivity contribution is 5.85. The molecule has 0 bridgehead atoms. The molecular weight excluding hydrogens is 236 g/mol. The zero-order valence-corrected chi connectivity index (χ0v) is 11.3. The number of carbonyl (C=O) groups excluding carboxylic acids is 1. The second-order valence-electron chi connectivity index (χ2n) is 5.00. The van der Waals surface area contributed by atoms with Gasteiger partial charge in [0.15, 0.2) is 0 Å². The minimum absolute atomic E-state index is 0.0820. The third-order valence-electron chi connectivity index (χ3n) is 2.57. The lowest BCUT2D eigenvalue weighted by Crippen LogP contribution is -2.47. The highest BCUT2D eigenvalue weighted by Crippen LogP contribution is 2.05. The van der Waals surface area contributed by atoms with E-state index in [1.807, 2.05) is 20.8 Å². The number of carbonyl (C=O) groups is 2. The van der Waals surface area contributed by atoms with Crippen molar-refractivity contribution in [1.82, 2.24) is 10.6 Å². The van der Waals surface area contributed by atoms with Crippen LogP contribution < -0.4 is 10.6 Å². The maximum absolute atomic E-state index is 11.8. The van der Waals surface area contributed by atoms with Crippen LogP contribution in [0.15, 0.2) is 0 Å². The van der Waals surface area contributed by atoms with Crippen molar-refractivity contribution in [2.75, 3.05) is 13.2 Å². The lowest BCUT2D eigenvalue weighted by atomic mass is 10.0. The van der Waals surface area contributed by atoms with E-state index in [0.29, 0.717) is 19.4 Å². The Morgan fingerprint density at radius 3 is 2.28 bits per heavy atom. The van der Waals surface area contributed by atoms with Crippen LogP contribution >= 0.6 is 0 Å². The number of nitrogens with one attached hydrogen (secondary N) is 2. The van der Waals surface area contributed by atoms with Crippen LogP contribution in [0.3, 0.4) is 0 Å². The van der Waals surface area contributed by atoms with Gasteiger partial charge >= 0.3 is 6.09 Å². The highest BCUT2D eigenvalue weighted by atomic mass is 16.4. The smallest absolute Gasteiger partial charge is 0.405 e. The van der Waals surface area contributed by atoms with Crippen LogP contribution in [0.1, 0.15) is 33.6 Å². The number of hydrogen-bond acceptors (Lipinski definition) is 3. The predicted octanol–water partition coefficient (Wildman–Crippen LogP) is 0.803. The summed E-state index contributed by atoms with van der Waals surface area (Å²) in [5.41, 5.74) is 0. The molecule has 106 valence electrons. The third-order valence-corrected chi connectivity index (χ3v) is 2.57. The Labute approximate surface area is 108 Å². The van der Waals surface area contributed by atoms with Gasteiger partial charge in [-0.3, -0.25) is 4.79 Å². The summed E-state index contributed by atoms with van der Waals surface area (Å²) in [5, 5.41) is 22.4. The molecule has 6 nitrogen and oxygen atoms in total. The number of hydrogen-bond donors (Lipinski definition) is 4. The van der Waals surface area contributed by atoms with E-state index in [4.69, 9.17) is 10.2 Å². The minimum atomic E-state index is -1.19. The van der Waals surface area contributed by atoms with Crippen LogP contribution in [0.25, 0.3) is 0 Å². The van der Waals surface area contributed by atoms with Crippen LogP contribution in [0.4, 0.5) is 4.79 Å². The molecule has 0 aromatic heterocycles. The minimum Gasteiger partial charge on any atom is -0.465 e. The van der Waals surface area contributed by atoms with E-state index in [2.05, 4.69) is 10.6 Å². The average molecular weight is 260 g/mol. The molecule has 4 N–H and O–H groups in total. The molecule has 0 radical (unpaired) electrons. The molecule has 6 heteroatoms. The summed E-state index contributed by atoms with van der Waals surface area (Å²) in [7, 11) is 0. The summed E-state index contributed by atoms with van der Waals surface area (Å²) in [4.78, 5) is 22.4. The molecule has 0 aromatic carbocycles. The van der Waals surface area contributed by atoms with Crippen LogP contribution in [-0.4, -0.2) is 41.4 Å². The van der Waals surface area contributed by atoms with Crippen molar-refractivity contribution >= 4 is 12.0 Å². The number of rotatable bonds is 8. The molecule has 0 aliphatic carbocycles. The van der Waals surface area contributed by atoms with E-state index in [-0.39, 0.29) is 24.3 Å². The van der Waals surface area contributed by atoms with E-state index in [1.165, 1.54) is 0 Å². The topological polar surface area (TPSA) is 98.7 Å². The highest BCUT2D eigenvalue weighted by Gasteiger charge is 2.21. The Morgan fingerprint density at radius 1 is 1.22 bits per heavy atom. The molecule has 18 heavy (non-hydrogen) atoms. The Kier molecular flexibility index (Phi) is 8.11. The molecule has 0 aliphatic heterocycles. The molecule has 0 saturated carbocycles. The van der Waals surface area contributed by atoms with Gasteiger partial charge in [-0.05, 0) is 24.7 Å². The maximum atomic E-state index is 11.8. The zero-order valence-electron chi connectivity index (χ0n) is 11.3. The van der Waals surface area contributed by atoms with Crippen LogP contribution in [0.5, 0.6) is 0 Å². The quantitative estimate of drug-likeness (QED) is 0.519. The van der Waals surface area contributed by atoms with E-state index in [9.17, 15) is 9.59 Å². The van der Waals surface area contributed by atoms with Crippen molar-refractivity contribution in [3.8, 4) is 0 Å². The summed E-state index contributed by atoms with van der Waals surface area (Å²) >= 11 is 0. The van der Waals surface area contributed by atoms with Crippen molar-refractivity contribution in [1.29, 1.82) is 0 Å². The fraction of sp³-hybridized carbons (Fsp3) is 0.833. The zero-order chi connectivity index (χ0) is 14.1.